The van der Waals surface area contributed by atoms with E-state index in [4.69, 9.17) is 0 Å². The second-order valence-corrected chi connectivity index (χ2v) is 6.06. The summed E-state index contributed by atoms with van der Waals surface area (Å²) in [7, 11) is 0. The molecule has 1 aromatic heterocycles. The Balaban J connectivity index is 2.02. The predicted octanol–water partition coefficient (Wildman–Crippen LogP) is 3.31. The third-order valence-corrected chi connectivity index (χ3v) is 4.30. The molecule has 102 valence electrons. The van der Waals surface area contributed by atoms with Crippen LogP contribution in [0, 0.1) is 12.7 Å². The molecule has 1 aliphatic heterocycles. The number of ketones is 1. The van der Waals surface area contributed by atoms with Gasteiger partial charge in [0.15, 0.2) is 0 Å². The van der Waals surface area contributed by atoms with Crippen LogP contribution in [0.2, 0.25) is 0 Å². The standard InChI is InChI=1S/C15H12FNO2S/c1-8-2-4-13(20-8)15(19)10-6-9-3-5-14(18)17-12(9)7-11(10)16/h2,4,6-7H,3,5H2,1H3,(H,17,18). The molecule has 0 unspecified atom stereocenters. The summed E-state index contributed by atoms with van der Waals surface area (Å²) in [5.41, 5.74) is 1.35. The van der Waals surface area contributed by atoms with E-state index in [1.54, 1.807) is 12.1 Å². The van der Waals surface area contributed by atoms with E-state index >= 15 is 0 Å². The Morgan fingerprint density at radius 2 is 2.10 bits per heavy atom. The van der Waals surface area contributed by atoms with E-state index < -0.39 is 5.82 Å². The van der Waals surface area contributed by atoms with Gasteiger partial charge in [-0.15, -0.1) is 11.3 Å². The zero-order valence-corrected chi connectivity index (χ0v) is 11.6. The lowest BCUT2D eigenvalue weighted by molar-refractivity contribution is -0.116. The van der Waals surface area contributed by atoms with Gasteiger partial charge in [0.05, 0.1) is 10.4 Å². The number of hydrogen-bond donors (Lipinski definition) is 1. The van der Waals surface area contributed by atoms with E-state index in [0.717, 1.165) is 10.4 Å². The highest BCUT2D eigenvalue weighted by molar-refractivity contribution is 7.14. The van der Waals surface area contributed by atoms with Gasteiger partial charge in [0, 0.05) is 17.0 Å². The fourth-order valence-corrected chi connectivity index (χ4v) is 3.09. The fraction of sp³-hybridized carbons (Fsp3) is 0.200. The first kappa shape index (κ1) is 13.0. The maximum absolute atomic E-state index is 14.1. The molecule has 0 radical (unpaired) electrons. The molecule has 0 atom stereocenters. The summed E-state index contributed by atoms with van der Waals surface area (Å²) in [5.74, 6) is -1.02. The van der Waals surface area contributed by atoms with E-state index in [1.807, 2.05) is 13.0 Å². The van der Waals surface area contributed by atoms with E-state index in [1.165, 1.54) is 17.4 Å². The van der Waals surface area contributed by atoms with Gasteiger partial charge in [-0.05, 0) is 43.2 Å². The Morgan fingerprint density at radius 1 is 1.30 bits per heavy atom. The first-order chi connectivity index (χ1) is 9.54. The normalized spacial score (nSPS) is 13.8. The van der Waals surface area contributed by atoms with Crippen molar-refractivity contribution < 1.29 is 14.0 Å². The highest BCUT2D eigenvalue weighted by Gasteiger charge is 2.21. The van der Waals surface area contributed by atoms with Crippen LogP contribution in [-0.4, -0.2) is 11.7 Å². The molecule has 5 heteroatoms. The van der Waals surface area contributed by atoms with Crippen LogP contribution in [0.3, 0.4) is 0 Å². The number of fused-ring (bicyclic) bond motifs is 1. The smallest absolute Gasteiger partial charge is 0.224 e. The Hall–Kier alpha value is -2.01. The summed E-state index contributed by atoms with van der Waals surface area (Å²) in [4.78, 5) is 25.1. The van der Waals surface area contributed by atoms with Gasteiger partial charge in [0.2, 0.25) is 11.7 Å². The predicted molar refractivity (Wildman–Crippen MR) is 75.8 cm³/mol. The molecule has 20 heavy (non-hydrogen) atoms. The van der Waals surface area contributed by atoms with E-state index in [2.05, 4.69) is 5.32 Å². The average Bonchev–Trinajstić information content (AvgIpc) is 2.84. The van der Waals surface area contributed by atoms with Crippen LogP contribution < -0.4 is 5.32 Å². The lowest BCUT2D eigenvalue weighted by atomic mass is 9.98. The maximum Gasteiger partial charge on any atom is 0.224 e. The number of halogens is 1. The van der Waals surface area contributed by atoms with Gasteiger partial charge in [-0.1, -0.05) is 0 Å². The number of nitrogens with one attached hydrogen (secondary N) is 1. The highest BCUT2D eigenvalue weighted by atomic mass is 32.1. The molecule has 0 bridgehead atoms. The number of aryl methyl sites for hydroxylation is 2. The van der Waals surface area contributed by atoms with Gasteiger partial charge in [0.1, 0.15) is 5.82 Å². The molecular weight excluding hydrogens is 277 g/mol. The summed E-state index contributed by atoms with van der Waals surface area (Å²) in [6.07, 6.45) is 0.898. The Morgan fingerprint density at radius 3 is 2.80 bits per heavy atom. The van der Waals surface area contributed by atoms with Crippen LogP contribution in [0.5, 0.6) is 0 Å². The minimum absolute atomic E-state index is 0.0711. The van der Waals surface area contributed by atoms with Gasteiger partial charge in [-0.25, -0.2) is 4.39 Å². The molecule has 0 spiro atoms. The minimum Gasteiger partial charge on any atom is -0.326 e. The van der Waals surface area contributed by atoms with Crippen LogP contribution in [0.25, 0.3) is 0 Å². The molecule has 1 aliphatic rings. The number of hydrogen-bond acceptors (Lipinski definition) is 3. The van der Waals surface area contributed by atoms with Crippen molar-refractivity contribution in [3.8, 4) is 0 Å². The SMILES string of the molecule is Cc1ccc(C(=O)c2cc3c(cc2F)NC(=O)CC3)s1. The maximum atomic E-state index is 14.1. The van der Waals surface area contributed by atoms with Crippen molar-refractivity contribution in [2.75, 3.05) is 5.32 Å². The molecule has 1 N–H and O–H groups in total. The van der Waals surface area contributed by atoms with Crippen LogP contribution in [0.4, 0.5) is 10.1 Å². The van der Waals surface area contributed by atoms with Crippen LogP contribution >= 0.6 is 11.3 Å². The van der Waals surface area contributed by atoms with E-state index in [-0.39, 0.29) is 17.3 Å². The van der Waals surface area contributed by atoms with Gasteiger partial charge in [0.25, 0.3) is 0 Å². The summed E-state index contributed by atoms with van der Waals surface area (Å²) in [6.45, 7) is 1.90. The van der Waals surface area contributed by atoms with Crippen molar-refractivity contribution in [2.45, 2.75) is 19.8 Å². The molecule has 3 nitrogen and oxygen atoms in total. The first-order valence-electron chi connectivity index (χ1n) is 6.28. The monoisotopic (exact) mass is 289 g/mol. The van der Waals surface area contributed by atoms with Gasteiger partial charge < -0.3 is 5.32 Å². The average molecular weight is 289 g/mol. The fourth-order valence-electron chi connectivity index (χ4n) is 2.27. The van der Waals surface area contributed by atoms with Gasteiger partial charge >= 0.3 is 0 Å². The Bertz CT molecular complexity index is 721. The number of amides is 1. The number of anilines is 1. The minimum atomic E-state index is -0.595. The topological polar surface area (TPSA) is 46.2 Å². The Labute approximate surface area is 119 Å². The second kappa shape index (κ2) is 4.83. The zero-order valence-electron chi connectivity index (χ0n) is 10.8. The summed E-state index contributed by atoms with van der Waals surface area (Å²) >= 11 is 1.35. The van der Waals surface area contributed by atoms with E-state index in [9.17, 15) is 14.0 Å². The third-order valence-electron chi connectivity index (χ3n) is 3.30. The zero-order chi connectivity index (χ0) is 14.3. The van der Waals surface area contributed by atoms with Crippen molar-refractivity contribution in [2.24, 2.45) is 0 Å². The van der Waals surface area contributed by atoms with Crippen molar-refractivity contribution in [1.29, 1.82) is 0 Å². The Kier molecular flexibility index (Phi) is 3.14. The largest absolute Gasteiger partial charge is 0.326 e. The molecular formula is C15H12FNO2S. The summed E-state index contributed by atoms with van der Waals surface area (Å²) in [5, 5.41) is 2.62. The number of rotatable bonds is 2. The third kappa shape index (κ3) is 2.25. The molecule has 1 aromatic carbocycles. The lowest BCUT2D eigenvalue weighted by Crippen LogP contribution is -2.20. The van der Waals surface area contributed by atoms with Gasteiger partial charge in [-0.3, -0.25) is 9.59 Å². The van der Waals surface area contributed by atoms with Crippen molar-refractivity contribution in [3.63, 3.8) is 0 Å². The van der Waals surface area contributed by atoms with Crippen molar-refractivity contribution in [1.82, 2.24) is 0 Å². The number of benzene rings is 1. The summed E-state index contributed by atoms with van der Waals surface area (Å²) in [6, 6.07) is 6.35. The van der Waals surface area contributed by atoms with Crippen molar-refractivity contribution in [3.05, 3.63) is 51.0 Å². The molecule has 2 aromatic rings. The lowest BCUT2D eigenvalue weighted by Gasteiger charge is -2.17. The quantitative estimate of drug-likeness (QED) is 0.862. The molecule has 2 heterocycles. The highest BCUT2D eigenvalue weighted by Crippen LogP contribution is 2.28. The molecule has 0 fully saturated rings. The van der Waals surface area contributed by atoms with Crippen LogP contribution in [0.1, 0.15) is 32.1 Å². The van der Waals surface area contributed by atoms with Crippen LogP contribution in [-0.2, 0) is 11.2 Å². The molecule has 0 saturated carbocycles. The van der Waals surface area contributed by atoms with Crippen molar-refractivity contribution >= 4 is 28.7 Å². The first-order valence-corrected chi connectivity index (χ1v) is 7.09. The number of carbonyl (C=O) groups is 2. The van der Waals surface area contributed by atoms with Crippen LogP contribution in [0.15, 0.2) is 24.3 Å². The second-order valence-electron chi connectivity index (χ2n) is 4.78. The molecule has 0 saturated heterocycles. The number of thiophene rings is 1. The molecule has 3 rings (SSSR count). The van der Waals surface area contributed by atoms with E-state index in [0.29, 0.717) is 23.4 Å². The number of carbonyl (C=O) groups excluding carboxylic acids is 2. The van der Waals surface area contributed by atoms with Gasteiger partial charge in [-0.2, -0.15) is 0 Å². The molecule has 0 aliphatic carbocycles. The molecule has 1 amide bonds. The summed E-state index contributed by atoms with van der Waals surface area (Å²) < 4.78 is 14.1.